The van der Waals surface area contributed by atoms with Crippen molar-refractivity contribution in [1.29, 1.82) is 0 Å². The van der Waals surface area contributed by atoms with Gasteiger partial charge in [-0.1, -0.05) is 56.0 Å². The average molecular weight is 415 g/mol. The SMILES string of the molecule is C=CCN(C)C(C(=O)Nc1ccc([Si](C)(C)C)c(F)c1)c1ccc(COC)cc1. The number of halogens is 1. The third-order valence-electron chi connectivity index (χ3n) is 4.76. The second kappa shape index (κ2) is 9.96. The van der Waals surface area contributed by atoms with E-state index < -0.39 is 14.1 Å². The summed E-state index contributed by atoms with van der Waals surface area (Å²) in [6.45, 7) is 11.1. The predicted octanol–water partition coefficient (Wildman–Crippen LogP) is 4.31. The summed E-state index contributed by atoms with van der Waals surface area (Å²) in [5.74, 6) is -0.476. The Morgan fingerprint density at radius 1 is 1.24 bits per heavy atom. The second-order valence-electron chi connectivity index (χ2n) is 8.24. The summed E-state index contributed by atoms with van der Waals surface area (Å²) in [6.07, 6.45) is 1.75. The van der Waals surface area contributed by atoms with Crippen LogP contribution >= 0.6 is 0 Å². The maximum atomic E-state index is 14.6. The van der Waals surface area contributed by atoms with Crippen LogP contribution in [-0.4, -0.2) is 39.6 Å². The highest BCUT2D eigenvalue weighted by molar-refractivity contribution is 6.88. The molecule has 0 aliphatic heterocycles. The summed E-state index contributed by atoms with van der Waals surface area (Å²) >= 11 is 0. The number of nitrogens with one attached hydrogen (secondary N) is 1. The summed E-state index contributed by atoms with van der Waals surface area (Å²) in [7, 11) is 1.74. The Hall–Kier alpha value is -2.28. The Kier molecular flexibility index (Phi) is 7.90. The zero-order valence-electron chi connectivity index (χ0n) is 18.0. The van der Waals surface area contributed by atoms with Crippen molar-refractivity contribution in [3.63, 3.8) is 0 Å². The van der Waals surface area contributed by atoms with Crippen LogP contribution in [-0.2, 0) is 16.1 Å². The van der Waals surface area contributed by atoms with E-state index in [1.807, 2.05) is 36.2 Å². The average Bonchev–Trinajstić information content (AvgIpc) is 2.63. The van der Waals surface area contributed by atoms with E-state index in [-0.39, 0.29) is 11.7 Å². The van der Waals surface area contributed by atoms with Gasteiger partial charge in [0.05, 0.1) is 14.7 Å². The van der Waals surface area contributed by atoms with E-state index in [2.05, 4.69) is 31.5 Å². The highest BCUT2D eigenvalue weighted by atomic mass is 28.3. The molecule has 6 heteroatoms. The van der Waals surface area contributed by atoms with Crippen LogP contribution in [0.25, 0.3) is 0 Å². The molecule has 2 rings (SSSR count). The van der Waals surface area contributed by atoms with E-state index >= 15 is 0 Å². The van der Waals surface area contributed by atoms with Crippen LogP contribution in [0.15, 0.2) is 55.1 Å². The maximum absolute atomic E-state index is 14.6. The molecular weight excluding hydrogens is 383 g/mol. The fourth-order valence-electron chi connectivity index (χ4n) is 3.29. The van der Waals surface area contributed by atoms with Gasteiger partial charge in [-0.3, -0.25) is 9.69 Å². The minimum absolute atomic E-state index is 0.214. The van der Waals surface area contributed by atoms with Crippen molar-refractivity contribution in [1.82, 2.24) is 4.90 Å². The molecule has 0 spiro atoms. The van der Waals surface area contributed by atoms with Crippen molar-refractivity contribution in [2.45, 2.75) is 32.3 Å². The molecule has 1 atom stereocenters. The van der Waals surface area contributed by atoms with E-state index in [1.165, 1.54) is 6.07 Å². The lowest BCUT2D eigenvalue weighted by Gasteiger charge is -2.27. The maximum Gasteiger partial charge on any atom is 0.246 e. The Morgan fingerprint density at radius 3 is 2.41 bits per heavy atom. The summed E-state index contributed by atoms with van der Waals surface area (Å²) in [6, 6.07) is 12.2. The highest BCUT2D eigenvalue weighted by Crippen LogP contribution is 2.23. The van der Waals surface area contributed by atoms with Gasteiger partial charge in [-0.25, -0.2) is 4.39 Å². The zero-order chi connectivity index (χ0) is 21.6. The number of benzene rings is 2. The fraction of sp³-hybridized carbons (Fsp3) is 0.348. The van der Waals surface area contributed by atoms with Gasteiger partial charge < -0.3 is 10.1 Å². The second-order valence-corrected chi connectivity index (χ2v) is 13.3. The van der Waals surface area contributed by atoms with E-state index in [0.29, 0.717) is 18.8 Å². The van der Waals surface area contributed by atoms with Crippen molar-refractivity contribution < 1.29 is 13.9 Å². The van der Waals surface area contributed by atoms with Gasteiger partial charge >= 0.3 is 0 Å². The monoisotopic (exact) mass is 414 g/mol. The molecule has 2 aromatic rings. The first kappa shape index (κ1) is 23.0. The van der Waals surface area contributed by atoms with E-state index in [4.69, 9.17) is 4.74 Å². The van der Waals surface area contributed by atoms with Crippen molar-refractivity contribution in [2.75, 3.05) is 26.0 Å². The van der Waals surface area contributed by atoms with Gasteiger partial charge in [0, 0.05) is 19.3 Å². The van der Waals surface area contributed by atoms with Crippen LogP contribution in [0.4, 0.5) is 10.1 Å². The van der Waals surface area contributed by atoms with Crippen LogP contribution < -0.4 is 10.5 Å². The number of rotatable bonds is 9. The lowest BCUT2D eigenvalue weighted by molar-refractivity contribution is -0.120. The van der Waals surface area contributed by atoms with Gasteiger partial charge in [0.1, 0.15) is 11.9 Å². The van der Waals surface area contributed by atoms with E-state index in [9.17, 15) is 9.18 Å². The van der Waals surface area contributed by atoms with Crippen molar-refractivity contribution in [2.24, 2.45) is 0 Å². The Morgan fingerprint density at radius 2 is 1.90 bits per heavy atom. The molecule has 0 saturated heterocycles. The van der Waals surface area contributed by atoms with E-state index in [1.54, 1.807) is 25.3 Å². The predicted molar refractivity (Wildman–Crippen MR) is 121 cm³/mol. The van der Waals surface area contributed by atoms with Gasteiger partial charge in [0.25, 0.3) is 0 Å². The topological polar surface area (TPSA) is 41.6 Å². The standard InChI is InChI=1S/C23H31FN2O2Si/c1-7-14-26(2)22(18-10-8-17(9-11-18)16-28-3)23(27)25-19-12-13-21(20(24)15-19)29(4,5)6/h7-13,15,22H,1,14,16H2,2-6H3,(H,25,27). The lowest BCUT2D eigenvalue weighted by atomic mass is 10.0. The van der Waals surface area contributed by atoms with Gasteiger partial charge in [0.2, 0.25) is 5.91 Å². The molecule has 0 aromatic heterocycles. The van der Waals surface area contributed by atoms with Crippen LogP contribution in [0.2, 0.25) is 19.6 Å². The minimum Gasteiger partial charge on any atom is -0.380 e. The van der Waals surface area contributed by atoms with Gasteiger partial charge in [-0.2, -0.15) is 0 Å². The third kappa shape index (κ3) is 6.10. The van der Waals surface area contributed by atoms with Crippen LogP contribution in [0.5, 0.6) is 0 Å². The molecule has 0 fully saturated rings. The number of hydrogen-bond acceptors (Lipinski definition) is 3. The Balaban J connectivity index is 2.28. The number of methoxy groups -OCH3 is 1. The molecule has 1 N–H and O–H groups in total. The molecule has 0 bridgehead atoms. The van der Waals surface area contributed by atoms with Gasteiger partial charge in [0.15, 0.2) is 0 Å². The van der Waals surface area contributed by atoms with Crippen LogP contribution in [0.3, 0.4) is 0 Å². The first-order valence-corrected chi connectivity index (χ1v) is 13.2. The molecule has 0 radical (unpaired) electrons. The van der Waals surface area contributed by atoms with Gasteiger partial charge in [-0.15, -0.1) is 6.58 Å². The van der Waals surface area contributed by atoms with Crippen LogP contribution in [0.1, 0.15) is 17.2 Å². The molecule has 0 aliphatic carbocycles. The number of anilines is 1. The molecule has 0 saturated carbocycles. The first-order chi connectivity index (χ1) is 13.7. The van der Waals surface area contributed by atoms with Gasteiger partial charge in [-0.05, 0) is 35.5 Å². The number of hydrogen-bond donors (Lipinski definition) is 1. The highest BCUT2D eigenvalue weighted by Gasteiger charge is 2.26. The summed E-state index contributed by atoms with van der Waals surface area (Å²) in [5, 5.41) is 3.63. The molecule has 0 heterocycles. The van der Waals surface area contributed by atoms with Crippen LogP contribution in [0, 0.1) is 5.82 Å². The molecule has 156 valence electrons. The lowest BCUT2D eigenvalue weighted by Crippen LogP contribution is -2.40. The molecule has 4 nitrogen and oxygen atoms in total. The van der Waals surface area contributed by atoms with Crippen molar-refractivity contribution in [3.8, 4) is 0 Å². The number of nitrogens with zero attached hydrogens (tertiary/aromatic N) is 1. The Bertz CT molecular complexity index is 847. The number of likely N-dealkylation sites (N-methyl/N-ethyl adjacent to an activating group) is 1. The fourth-order valence-corrected chi connectivity index (χ4v) is 4.66. The normalized spacial score (nSPS) is 12.7. The number of ether oxygens (including phenoxy) is 1. The Labute approximate surface area is 174 Å². The first-order valence-electron chi connectivity index (χ1n) is 9.67. The largest absolute Gasteiger partial charge is 0.380 e. The summed E-state index contributed by atoms with van der Waals surface area (Å²) in [5.41, 5.74) is 2.35. The number of amides is 1. The summed E-state index contributed by atoms with van der Waals surface area (Å²) < 4.78 is 19.7. The molecule has 0 aliphatic rings. The summed E-state index contributed by atoms with van der Waals surface area (Å²) in [4.78, 5) is 15.0. The molecule has 29 heavy (non-hydrogen) atoms. The molecule has 2 aromatic carbocycles. The molecule has 1 unspecified atom stereocenters. The van der Waals surface area contributed by atoms with Crippen molar-refractivity contribution in [3.05, 3.63) is 72.1 Å². The minimum atomic E-state index is -1.77. The smallest absolute Gasteiger partial charge is 0.246 e. The molecular formula is C23H31FN2O2Si. The van der Waals surface area contributed by atoms with E-state index in [0.717, 1.165) is 16.3 Å². The van der Waals surface area contributed by atoms with Crippen molar-refractivity contribution >= 4 is 24.9 Å². The molecule has 1 amide bonds. The number of carbonyl (C=O) groups excluding carboxylic acids is 1. The number of carbonyl (C=O) groups is 1. The third-order valence-corrected chi connectivity index (χ3v) is 6.78. The quantitative estimate of drug-likeness (QED) is 0.491. The zero-order valence-corrected chi connectivity index (χ0v) is 19.0.